The van der Waals surface area contributed by atoms with Gasteiger partial charge in [-0.25, -0.2) is 4.98 Å². The summed E-state index contributed by atoms with van der Waals surface area (Å²) in [5, 5.41) is 4.17. The van der Waals surface area contributed by atoms with E-state index >= 15 is 0 Å². The molecule has 2 aliphatic heterocycles. The molecule has 104 valence electrons. The molecule has 0 aliphatic carbocycles. The number of hydrogen-bond donors (Lipinski definition) is 0. The molecular weight excluding hydrogens is 244 g/mol. The van der Waals surface area contributed by atoms with E-state index in [1.807, 2.05) is 11.6 Å². The molecule has 0 bridgehead atoms. The van der Waals surface area contributed by atoms with Gasteiger partial charge in [0.15, 0.2) is 0 Å². The van der Waals surface area contributed by atoms with Crippen molar-refractivity contribution in [3.63, 3.8) is 0 Å². The summed E-state index contributed by atoms with van der Waals surface area (Å²) in [5.41, 5.74) is 0. The third-order valence-electron chi connectivity index (χ3n) is 4.08. The Hall–Kier alpha value is -1.43. The summed E-state index contributed by atoms with van der Waals surface area (Å²) in [5.74, 6) is -0.0574. The predicted octanol–water partition coefficient (Wildman–Crippen LogP) is 0.837. The van der Waals surface area contributed by atoms with Crippen LogP contribution in [0.1, 0.15) is 32.6 Å². The quantitative estimate of drug-likeness (QED) is 0.757. The molecule has 6 nitrogen and oxygen atoms in total. The third kappa shape index (κ3) is 2.63. The molecule has 0 aromatic carbocycles. The zero-order valence-electron chi connectivity index (χ0n) is 11.2. The predicted molar refractivity (Wildman–Crippen MR) is 68.3 cm³/mol. The maximum atomic E-state index is 11.9. The van der Waals surface area contributed by atoms with E-state index in [0.717, 1.165) is 32.4 Å². The van der Waals surface area contributed by atoms with E-state index in [0.29, 0.717) is 6.04 Å². The molecule has 3 atom stereocenters. The molecule has 3 heterocycles. The first kappa shape index (κ1) is 12.6. The van der Waals surface area contributed by atoms with Crippen LogP contribution in [-0.2, 0) is 16.1 Å². The normalized spacial score (nSPS) is 32.5. The Labute approximate surface area is 112 Å². The summed E-state index contributed by atoms with van der Waals surface area (Å²) >= 11 is 0. The Balaban J connectivity index is 1.72. The van der Waals surface area contributed by atoms with Crippen LogP contribution in [0, 0.1) is 0 Å². The van der Waals surface area contributed by atoms with Crippen molar-refractivity contribution in [1.82, 2.24) is 19.7 Å². The topological polar surface area (TPSA) is 60.2 Å². The van der Waals surface area contributed by atoms with Crippen molar-refractivity contribution in [3.8, 4) is 0 Å². The molecule has 6 heteroatoms. The van der Waals surface area contributed by atoms with E-state index in [2.05, 4.69) is 15.0 Å². The van der Waals surface area contributed by atoms with Gasteiger partial charge in [-0.05, 0) is 26.3 Å². The van der Waals surface area contributed by atoms with Gasteiger partial charge in [-0.15, -0.1) is 0 Å². The van der Waals surface area contributed by atoms with Gasteiger partial charge in [0.25, 0.3) is 0 Å². The van der Waals surface area contributed by atoms with Gasteiger partial charge in [0.2, 0.25) is 0 Å². The fourth-order valence-corrected chi connectivity index (χ4v) is 3.18. The Morgan fingerprint density at radius 3 is 3.05 bits per heavy atom. The number of nitrogens with zero attached hydrogens (tertiary/aromatic N) is 4. The van der Waals surface area contributed by atoms with Crippen LogP contribution >= 0.6 is 0 Å². The van der Waals surface area contributed by atoms with Crippen LogP contribution in [-0.4, -0.2) is 50.4 Å². The maximum absolute atomic E-state index is 11.9. The number of piperidine rings is 1. The second-order valence-electron chi connectivity index (χ2n) is 5.50. The summed E-state index contributed by atoms with van der Waals surface area (Å²) in [4.78, 5) is 18.2. The molecule has 19 heavy (non-hydrogen) atoms. The fourth-order valence-electron chi connectivity index (χ4n) is 3.18. The van der Waals surface area contributed by atoms with Gasteiger partial charge >= 0.3 is 5.97 Å². The number of cyclic esters (lactones) is 1. The van der Waals surface area contributed by atoms with Crippen molar-refractivity contribution in [2.45, 2.75) is 57.3 Å². The highest BCUT2D eigenvalue weighted by Crippen LogP contribution is 2.27. The van der Waals surface area contributed by atoms with Crippen LogP contribution in [0.4, 0.5) is 0 Å². The molecule has 0 spiro atoms. The van der Waals surface area contributed by atoms with Crippen LogP contribution in [0.3, 0.4) is 0 Å². The number of ether oxygens (including phenoxy) is 1. The van der Waals surface area contributed by atoms with Gasteiger partial charge in [-0.2, -0.15) is 5.10 Å². The van der Waals surface area contributed by atoms with Crippen LogP contribution in [0.25, 0.3) is 0 Å². The minimum atomic E-state index is -0.0659. The fraction of sp³-hybridized carbons (Fsp3) is 0.769. The Morgan fingerprint density at radius 2 is 2.37 bits per heavy atom. The molecule has 0 radical (unpaired) electrons. The van der Waals surface area contributed by atoms with Crippen LogP contribution < -0.4 is 0 Å². The smallest absolute Gasteiger partial charge is 0.323 e. The van der Waals surface area contributed by atoms with E-state index in [-0.39, 0.29) is 18.1 Å². The number of rotatable bonds is 3. The molecule has 2 fully saturated rings. The molecular formula is C13H20N4O2. The highest BCUT2D eigenvalue weighted by atomic mass is 16.6. The van der Waals surface area contributed by atoms with Crippen LogP contribution in [0.15, 0.2) is 12.7 Å². The lowest BCUT2D eigenvalue weighted by Crippen LogP contribution is -2.50. The zero-order chi connectivity index (χ0) is 13.2. The molecule has 2 aliphatic rings. The Morgan fingerprint density at radius 1 is 1.47 bits per heavy atom. The van der Waals surface area contributed by atoms with Gasteiger partial charge in [-0.1, -0.05) is 6.42 Å². The Bertz CT molecular complexity index is 434. The van der Waals surface area contributed by atoms with E-state index in [1.54, 1.807) is 12.7 Å². The van der Waals surface area contributed by atoms with Crippen molar-refractivity contribution in [2.24, 2.45) is 0 Å². The molecule has 3 rings (SSSR count). The number of esters is 1. The third-order valence-corrected chi connectivity index (χ3v) is 4.08. The van der Waals surface area contributed by atoms with E-state index in [4.69, 9.17) is 4.74 Å². The average Bonchev–Trinajstić information content (AvgIpc) is 3.00. The first-order valence-electron chi connectivity index (χ1n) is 7.02. The van der Waals surface area contributed by atoms with Crippen molar-refractivity contribution >= 4 is 5.97 Å². The summed E-state index contributed by atoms with van der Waals surface area (Å²) in [6, 6.07) is 0.294. The van der Waals surface area contributed by atoms with E-state index < -0.39 is 0 Å². The number of aromatic nitrogens is 3. The number of likely N-dealkylation sites (tertiary alicyclic amines) is 1. The Kier molecular flexibility index (Phi) is 3.50. The number of carbonyl (C=O) groups excluding carboxylic acids is 1. The lowest BCUT2D eigenvalue weighted by Gasteiger charge is -2.38. The molecule has 3 unspecified atom stereocenters. The SMILES string of the molecule is CC1CC(N2CCCCC2Cn2cncn2)C(=O)O1. The van der Waals surface area contributed by atoms with E-state index in [1.165, 1.54) is 6.42 Å². The van der Waals surface area contributed by atoms with Gasteiger partial charge < -0.3 is 4.74 Å². The van der Waals surface area contributed by atoms with Crippen molar-refractivity contribution < 1.29 is 9.53 Å². The van der Waals surface area contributed by atoms with Crippen LogP contribution in [0.2, 0.25) is 0 Å². The second kappa shape index (κ2) is 5.28. The molecule has 0 N–H and O–H groups in total. The maximum Gasteiger partial charge on any atom is 0.323 e. The molecule has 0 saturated carbocycles. The lowest BCUT2D eigenvalue weighted by atomic mass is 9.98. The van der Waals surface area contributed by atoms with Crippen molar-refractivity contribution in [1.29, 1.82) is 0 Å². The second-order valence-corrected chi connectivity index (χ2v) is 5.50. The summed E-state index contributed by atoms with van der Waals surface area (Å²) in [6.07, 6.45) is 7.64. The molecule has 0 amide bonds. The summed E-state index contributed by atoms with van der Waals surface area (Å²) in [6.45, 7) is 3.75. The van der Waals surface area contributed by atoms with Gasteiger partial charge in [0, 0.05) is 12.5 Å². The highest BCUT2D eigenvalue weighted by molar-refractivity contribution is 5.78. The average molecular weight is 264 g/mol. The standard InChI is InChI=1S/C13H20N4O2/c1-10-6-12(13(18)19-10)17-5-3-2-4-11(17)7-16-9-14-8-15-16/h8-12H,2-7H2,1H3. The van der Waals surface area contributed by atoms with Crippen molar-refractivity contribution in [2.75, 3.05) is 6.54 Å². The first-order chi connectivity index (χ1) is 9.24. The van der Waals surface area contributed by atoms with Crippen LogP contribution in [0.5, 0.6) is 0 Å². The minimum absolute atomic E-state index is 0.0476. The summed E-state index contributed by atoms with van der Waals surface area (Å²) in [7, 11) is 0. The van der Waals surface area contributed by atoms with Crippen molar-refractivity contribution in [3.05, 3.63) is 12.7 Å². The highest BCUT2D eigenvalue weighted by Gasteiger charge is 2.40. The molecule has 1 aromatic heterocycles. The number of carbonyl (C=O) groups is 1. The molecule has 1 aromatic rings. The van der Waals surface area contributed by atoms with Gasteiger partial charge in [0.05, 0.1) is 6.54 Å². The first-order valence-corrected chi connectivity index (χ1v) is 7.02. The summed E-state index contributed by atoms with van der Waals surface area (Å²) < 4.78 is 7.15. The lowest BCUT2D eigenvalue weighted by molar-refractivity contribution is -0.146. The zero-order valence-corrected chi connectivity index (χ0v) is 11.2. The van der Waals surface area contributed by atoms with Gasteiger partial charge in [0.1, 0.15) is 24.8 Å². The molecule has 2 saturated heterocycles. The number of hydrogen-bond acceptors (Lipinski definition) is 5. The minimum Gasteiger partial charge on any atom is -0.461 e. The van der Waals surface area contributed by atoms with Gasteiger partial charge in [-0.3, -0.25) is 14.4 Å². The largest absolute Gasteiger partial charge is 0.461 e. The monoisotopic (exact) mass is 264 g/mol. The van der Waals surface area contributed by atoms with E-state index in [9.17, 15) is 4.79 Å².